The molecular formula is C27H28ClNO2. The molecule has 0 amide bonds. The molecule has 0 saturated heterocycles. The van der Waals surface area contributed by atoms with Gasteiger partial charge in [-0.1, -0.05) is 65.7 Å². The summed E-state index contributed by atoms with van der Waals surface area (Å²) in [4.78, 5) is 2.52. The second kappa shape index (κ2) is 9.59. The Balaban J connectivity index is 1.74. The minimum atomic E-state index is 0.0985. The Bertz CT molecular complexity index is 1080. The molecule has 0 radical (unpaired) electrons. The molecule has 31 heavy (non-hydrogen) atoms. The number of ether oxygens (including phenoxy) is 2. The van der Waals surface area contributed by atoms with Gasteiger partial charge in [0, 0.05) is 18.1 Å². The molecule has 0 bridgehead atoms. The zero-order chi connectivity index (χ0) is 21.8. The normalized spacial score (nSPS) is 16.6. The second-order valence-corrected chi connectivity index (χ2v) is 8.42. The van der Waals surface area contributed by atoms with Crippen molar-refractivity contribution in [3.8, 4) is 11.5 Å². The van der Waals surface area contributed by atoms with E-state index in [1.807, 2.05) is 18.2 Å². The van der Waals surface area contributed by atoms with Crippen LogP contribution in [0, 0.1) is 0 Å². The molecular weight excluding hydrogens is 406 g/mol. The lowest BCUT2D eigenvalue weighted by Gasteiger charge is -2.38. The minimum Gasteiger partial charge on any atom is -0.493 e. The van der Waals surface area contributed by atoms with E-state index < -0.39 is 0 Å². The van der Waals surface area contributed by atoms with Crippen LogP contribution in [-0.2, 0) is 6.42 Å². The van der Waals surface area contributed by atoms with Gasteiger partial charge in [-0.3, -0.25) is 4.90 Å². The summed E-state index contributed by atoms with van der Waals surface area (Å²) in [7, 11) is 3.37. The van der Waals surface area contributed by atoms with Crippen LogP contribution < -0.4 is 9.47 Å². The van der Waals surface area contributed by atoms with Crippen LogP contribution in [-0.4, -0.2) is 32.2 Å². The average molecular weight is 434 g/mol. The lowest BCUT2D eigenvalue weighted by atomic mass is 9.87. The summed E-state index contributed by atoms with van der Waals surface area (Å²) in [5.41, 5.74) is 6.28. The zero-order valence-electron chi connectivity index (χ0n) is 18.3. The number of halogens is 1. The molecule has 0 spiro atoms. The minimum absolute atomic E-state index is 0.0985. The van der Waals surface area contributed by atoms with Gasteiger partial charge in [-0.25, -0.2) is 0 Å². The van der Waals surface area contributed by atoms with E-state index in [4.69, 9.17) is 21.1 Å². The van der Waals surface area contributed by atoms with Gasteiger partial charge < -0.3 is 9.47 Å². The Morgan fingerprint density at radius 1 is 1.00 bits per heavy atom. The van der Waals surface area contributed by atoms with Gasteiger partial charge >= 0.3 is 0 Å². The molecule has 4 rings (SSSR count). The van der Waals surface area contributed by atoms with Gasteiger partial charge in [-0.2, -0.15) is 0 Å². The first-order valence-electron chi connectivity index (χ1n) is 10.6. The number of nitrogens with zero attached hydrogens (tertiary/aromatic N) is 1. The number of rotatable bonds is 6. The van der Waals surface area contributed by atoms with Crippen molar-refractivity contribution < 1.29 is 9.47 Å². The van der Waals surface area contributed by atoms with Crippen LogP contribution >= 0.6 is 11.6 Å². The summed E-state index contributed by atoms with van der Waals surface area (Å²) in [6, 6.07) is 23.0. The Morgan fingerprint density at radius 3 is 2.45 bits per heavy atom. The third kappa shape index (κ3) is 4.79. The zero-order valence-corrected chi connectivity index (χ0v) is 19.0. The van der Waals surface area contributed by atoms with E-state index >= 15 is 0 Å². The molecule has 160 valence electrons. The van der Waals surface area contributed by atoms with Crippen molar-refractivity contribution in [3.63, 3.8) is 0 Å². The maximum atomic E-state index is 6.38. The summed E-state index contributed by atoms with van der Waals surface area (Å²) in [5.74, 6) is 1.53. The van der Waals surface area contributed by atoms with E-state index in [2.05, 4.69) is 66.4 Å². The van der Waals surface area contributed by atoms with Gasteiger partial charge in [0.05, 0.1) is 20.3 Å². The predicted octanol–water partition coefficient (Wildman–Crippen LogP) is 6.41. The molecule has 3 nitrogen and oxygen atoms in total. The maximum absolute atomic E-state index is 6.38. The van der Waals surface area contributed by atoms with Crippen molar-refractivity contribution in [3.05, 3.63) is 99.6 Å². The van der Waals surface area contributed by atoms with Crippen LogP contribution in [0.15, 0.2) is 72.3 Å². The second-order valence-electron chi connectivity index (χ2n) is 7.99. The lowest BCUT2D eigenvalue weighted by molar-refractivity contribution is 0.231. The highest BCUT2D eigenvalue weighted by atomic mass is 35.5. The summed E-state index contributed by atoms with van der Waals surface area (Å²) < 4.78 is 11.2. The maximum Gasteiger partial charge on any atom is 0.161 e. The Morgan fingerprint density at radius 2 is 1.74 bits per heavy atom. The Kier molecular flexibility index (Phi) is 6.64. The standard InChI is InChI=1S/C27H28ClNO2/c1-19(14-20-8-5-4-6-9-20)18-29-13-12-21-16-25(30-2)26(31-3)17-24(21)27(29)22-10-7-11-23(28)15-22/h4-11,14-17,27H,12-13,18H2,1-3H3. The molecule has 1 unspecified atom stereocenters. The molecule has 0 N–H and O–H groups in total. The summed E-state index contributed by atoms with van der Waals surface area (Å²) in [6.45, 7) is 4.03. The fraction of sp³-hybridized carbons (Fsp3) is 0.259. The highest BCUT2D eigenvalue weighted by Gasteiger charge is 2.30. The van der Waals surface area contributed by atoms with E-state index in [9.17, 15) is 0 Å². The topological polar surface area (TPSA) is 21.7 Å². The van der Waals surface area contributed by atoms with Gasteiger partial charge in [0.25, 0.3) is 0 Å². The molecule has 0 aliphatic carbocycles. The molecule has 0 aromatic heterocycles. The van der Waals surface area contributed by atoms with Gasteiger partial charge in [0.2, 0.25) is 0 Å². The predicted molar refractivity (Wildman–Crippen MR) is 128 cm³/mol. The SMILES string of the molecule is COc1cc2c(cc1OC)C(c1cccc(Cl)c1)N(CC(C)=Cc1ccccc1)CC2. The van der Waals surface area contributed by atoms with Crippen LogP contribution in [0.3, 0.4) is 0 Å². The summed E-state index contributed by atoms with van der Waals surface area (Å²) >= 11 is 6.38. The van der Waals surface area contributed by atoms with Crippen molar-refractivity contribution in [2.45, 2.75) is 19.4 Å². The van der Waals surface area contributed by atoms with Crippen LogP contribution in [0.4, 0.5) is 0 Å². The number of benzene rings is 3. The van der Waals surface area contributed by atoms with E-state index in [0.717, 1.165) is 36.0 Å². The highest BCUT2D eigenvalue weighted by molar-refractivity contribution is 6.30. The molecule has 0 fully saturated rings. The molecule has 1 heterocycles. The van der Waals surface area contributed by atoms with Crippen LogP contribution in [0.1, 0.15) is 35.2 Å². The quantitative estimate of drug-likeness (QED) is 0.448. The van der Waals surface area contributed by atoms with Crippen molar-refractivity contribution >= 4 is 17.7 Å². The molecule has 4 heteroatoms. The molecule has 3 aromatic carbocycles. The van der Waals surface area contributed by atoms with E-state index in [0.29, 0.717) is 0 Å². The highest BCUT2D eigenvalue weighted by Crippen LogP contribution is 2.41. The first-order valence-corrected chi connectivity index (χ1v) is 10.9. The third-order valence-electron chi connectivity index (χ3n) is 5.80. The largest absolute Gasteiger partial charge is 0.493 e. The van der Waals surface area contributed by atoms with Crippen molar-refractivity contribution in [1.29, 1.82) is 0 Å². The Hall–Kier alpha value is -2.75. The number of methoxy groups -OCH3 is 2. The molecule has 1 atom stereocenters. The molecule has 1 aliphatic heterocycles. The number of fused-ring (bicyclic) bond motifs is 1. The van der Waals surface area contributed by atoms with Gasteiger partial charge in [-0.15, -0.1) is 0 Å². The summed E-state index contributed by atoms with van der Waals surface area (Å²) in [5, 5.41) is 0.751. The molecule has 0 saturated carbocycles. The van der Waals surface area contributed by atoms with E-state index in [1.54, 1.807) is 14.2 Å². The van der Waals surface area contributed by atoms with Crippen molar-refractivity contribution in [2.75, 3.05) is 27.3 Å². The average Bonchev–Trinajstić information content (AvgIpc) is 2.78. The van der Waals surface area contributed by atoms with Crippen LogP contribution in [0.5, 0.6) is 11.5 Å². The van der Waals surface area contributed by atoms with E-state index in [1.165, 1.54) is 27.8 Å². The number of hydrogen-bond acceptors (Lipinski definition) is 3. The first kappa shape index (κ1) is 21.5. The lowest BCUT2D eigenvalue weighted by Crippen LogP contribution is -2.37. The fourth-order valence-electron chi connectivity index (χ4n) is 4.43. The Labute approximate surface area is 189 Å². The first-order chi connectivity index (χ1) is 15.1. The molecule has 1 aliphatic rings. The number of hydrogen-bond donors (Lipinski definition) is 0. The van der Waals surface area contributed by atoms with Crippen molar-refractivity contribution in [1.82, 2.24) is 4.90 Å². The van der Waals surface area contributed by atoms with Gasteiger partial charge in [0.1, 0.15) is 0 Å². The van der Waals surface area contributed by atoms with Gasteiger partial charge in [-0.05, 0) is 59.9 Å². The van der Waals surface area contributed by atoms with Crippen LogP contribution in [0.2, 0.25) is 5.02 Å². The summed E-state index contributed by atoms with van der Waals surface area (Å²) in [6.07, 6.45) is 3.23. The fourth-order valence-corrected chi connectivity index (χ4v) is 4.63. The third-order valence-corrected chi connectivity index (χ3v) is 6.04. The van der Waals surface area contributed by atoms with Crippen LogP contribution in [0.25, 0.3) is 6.08 Å². The smallest absolute Gasteiger partial charge is 0.161 e. The van der Waals surface area contributed by atoms with E-state index in [-0.39, 0.29) is 6.04 Å². The van der Waals surface area contributed by atoms with Crippen molar-refractivity contribution in [2.24, 2.45) is 0 Å². The molecule has 3 aromatic rings. The monoisotopic (exact) mass is 433 g/mol. The van der Waals surface area contributed by atoms with Gasteiger partial charge in [0.15, 0.2) is 11.5 Å².